The number of pyridine rings is 1. The SMILES string of the molecule is COc1cc(CNCC(O)c2ccc(F)c(F)c2)ccn1. The van der Waals surface area contributed by atoms with Crippen molar-refractivity contribution in [2.24, 2.45) is 0 Å². The number of ether oxygens (including phenoxy) is 1. The summed E-state index contributed by atoms with van der Waals surface area (Å²) in [5.74, 6) is -1.39. The van der Waals surface area contributed by atoms with Gasteiger partial charge in [-0.1, -0.05) is 6.07 Å². The highest BCUT2D eigenvalue weighted by Crippen LogP contribution is 2.16. The van der Waals surface area contributed by atoms with Gasteiger partial charge in [0, 0.05) is 25.4 Å². The van der Waals surface area contributed by atoms with Crippen LogP contribution in [0.2, 0.25) is 0 Å². The van der Waals surface area contributed by atoms with Gasteiger partial charge in [0.25, 0.3) is 0 Å². The zero-order valence-electron chi connectivity index (χ0n) is 11.5. The first kappa shape index (κ1) is 15.3. The second kappa shape index (κ2) is 7.10. The van der Waals surface area contributed by atoms with E-state index in [1.54, 1.807) is 12.3 Å². The van der Waals surface area contributed by atoms with Crippen molar-refractivity contribution < 1.29 is 18.6 Å². The second-order valence-corrected chi connectivity index (χ2v) is 4.53. The van der Waals surface area contributed by atoms with E-state index in [4.69, 9.17) is 4.74 Å². The lowest BCUT2D eigenvalue weighted by Crippen LogP contribution is -2.21. The molecule has 1 aromatic heterocycles. The van der Waals surface area contributed by atoms with Gasteiger partial charge in [0.2, 0.25) is 5.88 Å². The first-order chi connectivity index (χ1) is 10.1. The van der Waals surface area contributed by atoms with Gasteiger partial charge in [0.05, 0.1) is 13.2 Å². The van der Waals surface area contributed by atoms with Crippen molar-refractivity contribution in [1.82, 2.24) is 10.3 Å². The molecule has 2 rings (SSSR count). The molecule has 21 heavy (non-hydrogen) atoms. The number of halogens is 2. The zero-order chi connectivity index (χ0) is 15.2. The average Bonchev–Trinajstić information content (AvgIpc) is 2.50. The fourth-order valence-electron chi connectivity index (χ4n) is 1.86. The van der Waals surface area contributed by atoms with Gasteiger partial charge in [-0.15, -0.1) is 0 Å². The van der Waals surface area contributed by atoms with E-state index < -0.39 is 17.7 Å². The third kappa shape index (κ3) is 4.21. The Balaban J connectivity index is 1.88. The number of aromatic nitrogens is 1. The van der Waals surface area contributed by atoms with Crippen LogP contribution in [0.1, 0.15) is 17.2 Å². The summed E-state index contributed by atoms with van der Waals surface area (Å²) in [6, 6.07) is 6.95. The largest absolute Gasteiger partial charge is 0.481 e. The van der Waals surface area contributed by atoms with Gasteiger partial charge in [-0.25, -0.2) is 13.8 Å². The number of benzene rings is 1. The number of aliphatic hydroxyl groups is 1. The first-order valence-electron chi connectivity index (χ1n) is 6.43. The van der Waals surface area contributed by atoms with Crippen molar-refractivity contribution >= 4 is 0 Å². The van der Waals surface area contributed by atoms with Crippen LogP contribution in [0, 0.1) is 11.6 Å². The summed E-state index contributed by atoms with van der Waals surface area (Å²) in [6.45, 7) is 0.718. The number of rotatable bonds is 6. The molecule has 0 saturated carbocycles. The minimum atomic E-state index is -0.967. The summed E-state index contributed by atoms with van der Waals surface area (Å²) in [5.41, 5.74) is 1.27. The number of nitrogens with one attached hydrogen (secondary N) is 1. The summed E-state index contributed by atoms with van der Waals surface area (Å²) < 4.78 is 30.9. The number of nitrogens with zero attached hydrogens (tertiary/aromatic N) is 1. The van der Waals surface area contributed by atoms with E-state index in [-0.39, 0.29) is 6.54 Å². The van der Waals surface area contributed by atoms with Crippen LogP contribution in [-0.2, 0) is 6.54 Å². The summed E-state index contributed by atoms with van der Waals surface area (Å²) >= 11 is 0. The minimum Gasteiger partial charge on any atom is -0.481 e. The highest BCUT2D eigenvalue weighted by Gasteiger charge is 2.10. The monoisotopic (exact) mass is 294 g/mol. The molecule has 0 amide bonds. The Hall–Kier alpha value is -2.05. The maximum atomic E-state index is 13.1. The molecule has 0 saturated heterocycles. The standard InChI is InChI=1S/C15H16F2N2O2/c1-21-15-6-10(4-5-19-15)8-18-9-14(20)11-2-3-12(16)13(17)7-11/h2-7,14,18,20H,8-9H2,1H3. The molecule has 6 heteroatoms. The van der Waals surface area contributed by atoms with Crippen LogP contribution in [-0.4, -0.2) is 23.7 Å². The maximum Gasteiger partial charge on any atom is 0.213 e. The van der Waals surface area contributed by atoms with Crippen molar-refractivity contribution in [3.63, 3.8) is 0 Å². The number of methoxy groups -OCH3 is 1. The van der Waals surface area contributed by atoms with E-state index >= 15 is 0 Å². The van der Waals surface area contributed by atoms with Crippen molar-refractivity contribution in [3.05, 3.63) is 59.3 Å². The summed E-state index contributed by atoms with van der Waals surface area (Å²) in [5, 5.41) is 13.0. The van der Waals surface area contributed by atoms with Gasteiger partial charge in [0.15, 0.2) is 11.6 Å². The van der Waals surface area contributed by atoms with Crippen molar-refractivity contribution in [2.45, 2.75) is 12.6 Å². The van der Waals surface area contributed by atoms with Crippen LogP contribution < -0.4 is 10.1 Å². The summed E-state index contributed by atoms with van der Waals surface area (Å²) in [6.07, 6.45) is 0.713. The molecule has 4 nitrogen and oxygen atoms in total. The van der Waals surface area contributed by atoms with Gasteiger partial charge >= 0.3 is 0 Å². The number of hydrogen-bond donors (Lipinski definition) is 2. The molecule has 0 bridgehead atoms. The van der Waals surface area contributed by atoms with E-state index in [2.05, 4.69) is 10.3 Å². The van der Waals surface area contributed by atoms with Gasteiger partial charge in [0.1, 0.15) is 0 Å². The number of hydrogen-bond acceptors (Lipinski definition) is 4. The van der Waals surface area contributed by atoms with Crippen LogP contribution in [0.5, 0.6) is 5.88 Å². The molecule has 0 aliphatic rings. The molecular formula is C15H16F2N2O2. The van der Waals surface area contributed by atoms with Crippen molar-refractivity contribution in [3.8, 4) is 5.88 Å². The van der Waals surface area contributed by atoms with E-state index in [1.165, 1.54) is 13.2 Å². The van der Waals surface area contributed by atoms with Crippen molar-refractivity contribution in [1.29, 1.82) is 0 Å². The predicted molar refractivity (Wildman–Crippen MR) is 73.8 cm³/mol. The van der Waals surface area contributed by atoms with E-state index in [1.807, 2.05) is 6.07 Å². The molecule has 1 aromatic carbocycles. The molecule has 1 unspecified atom stereocenters. The van der Waals surface area contributed by atoms with Gasteiger partial charge in [-0.3, -0.25) is 0 Å². The van der Waals surface area contributed by atoms with E-state index in [0.717, 1.165) is 17.7 Å². The lowest BCUT2D eigenvalue weighted by molar-refractivity contribution is 0.173. The maximum absolute atomic E-state index is 13.1. The van der Waals surface area contributed by atoms with Gasteiger partial charge in [-0.2, -0.15) is 0 Å². The first-order valence-corrected chi connectivity index (χ1v) is 6.43. The van der Waals surface area contributed by atoms with Crippen LogP contribution in [0.15, 0.2) is 36.5 Å². The molecule has 1 heterocycles. The fourth-order valence-corrected chi connectivity index (χ4v) is 1.86. The average molecular weight is 294 g/mol. The minimum absolute atomic E-state index is 0.218. The van der Waals surface area contributed by atoms with E-state index in [9.17, 15) is 13.9 Å². The summed E-state index contributed by atoms with van der Waals surface area (Å²) in [7, 11) is 1.53. The Kier molecular flexibility index (Phi) is 5.19. The normalized spacial score (nSPS) is 12.2. The molecular weight excluding hydrogens is 278 g/mol. The van der Waals surface area contributed by atoms with Crippen molar-refractivity contribution in [2.75, 3.05) is 13.7 Å². The molecule has 112 valence electrons. The van der Waals surface area contributed by atoms with Crippen LogP contribution in [0.25, 0.3) is 0 Å². The zero-order valence-corrected chi connectivity index (χ0v) is 11.5. The Morgan fingerprint density at radius 3 is 2.76 bits per heavy atom. The lowest BCUT2D eigenvalue weighted by Gasteiger charge is -2.12. The Labute approximate surface area is 121 Å². The molecule has 0 spiro atoms. The van der Waals surface area contributed by atoms with E-state index in [0.29, 0.717) is 18.0 Å². The highest BCUT2D eigenvalue weighted by molar-refractivity contribution is 5.21. The Morgan fingerprint density at radius 1 is 1.24 bits per heavy atom. The molecule has 0 radical (unpaired) electrons. The Bertz CT molecular complexity index is 608. The molecule has 2 N–H and O–H groups in total. The quantitative estimate of drug-likeness (QED) is 0.857. The fraction of sp³-hybridized carbons (Fsp3) is 0.267. The molecule has 0 fully saturated rings. The van der Waals surface area contributed by atoms with Crippen LogP contribution in [0.4, 0.5) is 8.78 Å². The number of aliphatic hydroxyl groups excluding tert-OH is 1. The molecule has 0 aliphatic heterocycles. The topological polar surface area (TPSA) is 54.4 Å². The highest BCUT2D eigenvalue weighted by atomic mass is 19.2. The predicted octanol–water partition coefficient (Wildman–Crippen LogP) is 2.19. The molecule has 2 aromatic rings. The van der Waals surface area contributed by atoms with Gasteiger partial charge < -0.3 is 15.2 Å². The lowest BCUT2D eigenvalue weighted by atomic mass is 10.1. The molecule has 1 atom stereocenters. The smallest absolute Gasteiger partial charge is 0.213 e. The third-order valence-electron chi connectivity index (χ3n) is 3.00. The van der Waals surface area contributed by atoms with Crippen LogP contribution in [0.3, 0.4) is 0 Å². The van der Waals surface area contributed by atoms with Gasteiger partial charge in [-0.05, 0) is 29.3 Å². The summed E-state index contributed by atoms with van der Waals surface area (Å²) in [4.78, 5) is 3.99. The molecule has 0 aliphatic carbocycles. The Morgan fingerprint density at radius 2 is 2.05 bits per heavy atom. The third-order valence-corrected chi connectivity index (χ3v) is 3.00. The van der Waals surface area contributed by atoms with Crippen LogP contribution >= 0.6 is 0 Å². The second-order valence-electron chi connectivity index (χ2n) is 4.53.